The van der Waals surface area contributed by atoms with Gasteiger partial charge in [0, 0.05) is 6.42 Å². The van der Waals surface area contributed by atoms with Gasteiger partial charge < -0.3 is 35.4 Å². The first kappa shape index (κ1) is 32.8. The maximum Gasteiger partial charge on any atom is 0.408 e. The summed E-state index contributed by atoms with van der Waals surface area (Å²) >= 11 is 0. The van der Waals surface area contributed by atoms with Crippen LogP contribution in [0.25, 0.3) is 0 Å². The van der Waals surface area contributed by atoms with Gasteiger partial charge in [-0.25, -0.2) is 9.59 Å². The van der Waals surface area contributed by atoms with Crippen molar-refractivity contribution in [3.05, 3.63) is 108 Å². The van der Waals surface area contributed by atoms with E-state index >= 15 is 0 Å². The van der Waals surface area contributed by atoms with Crippen molar-refractivity contribution in [2.24, 2.45) is 0 Å². The fourth-order valence-corrected chi connectivity index (χ4v) is 5.53. The van der Waals surface area contributed by atoms with Crippen LogP contribution in [0.2, 0.25) is 0 Å². The Kier molecular flexibility index (Phi) is 12.3. The first-order chi connectivity index (χ1) is 20.5. The van der Waals surface area contributed by atoms with Crippen molar-refractivity contribution in [3.8, 4) is 0 Å². The minimum atomic E-state index is -4.63. The smallest absolute Gasteiger partial charge is 0.408 e. The molecular formula is C30H34N3O9P. The number of nitrogens with one attached hydrogen (secondary N) is 3. The van der Waals surface area contributed by atoms with Gasteiger partial charge >= 0.3 is 18.2 Å². The van der Waals surface area contributed by atoms with E-state index in [1.54, 1.807) is 91.0 Å². The Bertz CT molecular complexity index is 1410. The molecule has 0 bridgehead atoms. The summed E-state index contributed by atoms with van der Waals surface area (Å²) in [5.41, 5.74) is 2.06. The highest BCUT2D eigenvalue weighted by molar-refractivity contribution is 7.59. The lowest BCUT2D eigenvalue weighted by atomic mass is 10.1. The van der Waals surface area contributed by atoms with Crippen LogP contribution in [0.1, 0.15) is 30.0 Å². The van der Waals surface area contributed by atoms with Crippen LogP contribution in [-0.4, -0.2) is 51.7 Å². The first-order valence-electron chi connectivity index (χ1n) is 13.4. The van der Waals surface area contributed by atoms with Crippen molar-refractivity contribution >= 4 is 31.4 Å². The molecule has 228 valence electrons. The predicted octanol–water partition coefficient (Wildman–Crippen LogP) is 3.98. The van der Waals surface area contributed by atoms with Gasteiger partial charge in [-0.1, -0.05) is 91.0 Å². The van der Waals surface area contributed by atoms with E-state index in [4.69, 9.17) is 9.47 Å². The molecule has 0 heterocycles. The second-order valence-electron chi connectivity index (χ2n) is 9.63. The molecule has 4 atom stereocenters. The van der Waals surface area contributed by atoms with Crippen molar-refractivity contribution in [2.75, 3.05) is 0 Å². The standard InChI is InChI=1S/C30H34N3O9P/c1-21(31-29(37)41-19-23-13-7-3-8-14-23)43(39,40)26(18-27(34)35)33-28(36)25(17-22-11-5-2-6-12-22)32-30(38)42-20-24-15-9-4-10-16-24/h2-16,21,25-26H,17-20H2,1H3,(H,31,37)(H,32,38)(H,33,36)(H,34,35)(H,39,40)/t21?,25-,26?/m0/s1. The Balaban J connectivity index is 1.70. The number of amides is 3. The summed E-state index contributed by atoms with van der Waals surface area (Å²) in [6.45, 7) is 1.03. The van der Waals surface area contributed by atoms with Gasteiger partial charge in [0.25, 0.3) is 0 Å². The minimum absolute atomic E-state index is 0.0255. The van der Waals surface area contributed by atoms with E-state index in [9.17, 15) is 33.7 Å². The molecule has 0 radical (unpaired) electrons. The van der Waals surface area contributed by atoms with Gasteiger partial charge in [-0.05, 0) is 23.6 Å². The van der Waals surface area contributed by atoms with E-state index in [-0.39, 0.29) is 19.6 Å². The Morgan fingerprint density at radius 2 is 1.16 bits per heavy atom. The monoisotopic (exact) mass is 611 g/mol. The molecule has 3 amide bonds. The number of alkyl carbamates (subject to hydrolysis) is 2. The summed E-state index contributed by atoms with van der Waals surface area (Å²) in [6.07, 6.45) is -2.88. The molecule has 12 nitrogen and oxygen atoms in total. The van der Waals surface area contributed by atoms with Crippen LogP contribution in [0.3, 0.4) is 0 Å². The predicted molar refractivity (Wildman–Crippen MR) is 157 cm³/mol. The van der Waals surface area contributed by atoms with Crippen molar-refractivity contribution in [1.29, 1.82) is 0 Å². The highest BCUT2D eigenvalue weighted by Crippen LogP contribution is 2.50. The number of carbonyl (C=O) groups excluding carboxylic acids is 3. The number of carboxylic acid groups (broad SMARTS) is 1. The SMILES string of the molecule is CC(NC(=O)OCc1ccccc1)P(=O)(O)C(CC(=O)O)NC(=O)[C@H](Cc1ccccc1)NC(=O)OCc1ccccc1. The number of carbonyl (C=O) groups is 4. The molecule has 0 aromatic heterocycles. The van der Waals surface area contributed by atoms with Crippen molar-refractivity contribution < 1.29 is 43.2 Å². The normalized spacial score (nSPS) is 14.2. The zero-order valence-electron chi connectivity index (χ0n) is 23.4. The van der Waals surface area contributed by atoms with Crippen molar-refractivity contribution in [2.45, 2.75) is 50.6 Å². The third-order valence-electron chi connectivity index (χ3n) is 6.32. The third kappa shape index (κ3) is 10.9. The summed E-state index contributed by atoms with van der Waals surface area (Å²) in [5.74, 6) is -5.67. The summed E-state index contributed by atoms with van der Waals surface area (Å²) in [5, 5.41) is 16.5. The molecule has 3 unspecified atom stereocenters. The molecular weight excluding hydrogens is 577 g/mol. The van der Waals surface area contributed by atoms with Crippen LogP contribution >= 0.6 is 7.37 Å². The summed E-state index contributed by atoms with van der Waals surface area (Å²) in [6, 6.07) is 25.0. The average Bonchev–Trinajstić information content (AvgIpc) is 2.99. The van der Waals surface area contributed by atoms with E-state index in [1.807, 2.05) is 0 Å². The summed E-state index contributed by atoms with van der Waals surface area (Å²) < 4.78 is 23.8. The Morgan fingerprint density at radius 3 is 1.63 bits per heavy atom. The molecule has 13 heteroatoms. The molecule has 0 saturated heterocycles. The van der Waals surface area contributed by atoms with Gasteiger partial charge in [-0.2, -0.15) is 0 Å². The number of hydrogen-bond acceptors (Lipinski definition) is 7. The van der Waals surface area contributed by atoms with Crippen LogP contribution in [0.4, 0.5) is 9.59 Å². The van der Waals surface area contributed by atoms with Crippen LogP contribution in [-0.2, 0) is 43.3 Å². The largest absolute Gasteiger partial charge is 0.481 e. The van der Waals surface area contributed by atoms with Gasteiger partial charge in [-0.3, -0.25) is 14.2 Å². The van der Waals surface area contributed by atoms with E-state index in [2.05, 4.69) is 16.0 Å². The molecule has 0 aliphatic rings. The molecule has 43 heavy (non-hydrogen) atoms. The van der Waals surface area contributed by atoms with Crippen LogP contribution in [0, 0.1) is 0 Å². The average molecular weight is 612 g/mol. The summed E-state index contributed by atoms with van der Waals surface area (Å²) in [4.78, 5) is 60.8. The lowest BCUT2D eigenvalue weighted by Crippen LogP contribution is -2.52. The Labute approximate surface area is 248 Å². The molecule has 0 spiro atoms. The zero-order valence-corrected chi connectivity index (χ0v) is 24.3. The Morgan fingerprint density at radius 1 is 0.721 bits per heavy atom. The second kappa shape index (κ2) is 16.1. The van der Waals surface area contributed by atoms with Gasteiger partial charge in [-0.15, -0.1) is 0 Å². The second-order valence-corrected chi connectivity index (χ2v) is 12.4. The maximum atomic E-state index is 13.5. The number of hydrogen-bond donors (Lipinski definition) is 5. The van der Waals surface area contributed by atoms with Gasteiger partial charge in [0.05, 0.1) is 6.42 Å². The maximum absolute atomic E-state index is 13.5. The first-order valence-corrected chi connectivity index (χ1v) is 15.2. The number of benzene rings is 3. The molecule has 3 aromatic carbocycles. The van der Waals surface area contributed by atoms with Crippen molar-refractivity contribution in [3.63, 3.8) is 0 Å². The summed E-state index contributed by atoms with van der Waals surface area (Å²) in [7, 11) is -4.63. The Hall–Kier alpha value is -4.67. The molecule has 0 aliphatic carbocycles. The zero-order chi connectivity index (χ0) is 31.2. The quantitative estimate of drug-likeness (QED) is 0.169. The lowest BCUT2D eigenvalue weighted by molar-refractivity contribution is -0.137. The van der Waals surface area contributed by atoms with E-state index < -0.39 is 55.5 Å². The van der Waals surface area contributed by atoms with E-state index in [1.165, 1.54) is 6.92 Å². The molecule has 0 aliphatic heterocycles. The highest BCUT2D eigenvalue weighted by atomic mass is 31.2. The molecule has 0 fully saturated rings. The fourth-order valence-electron chi connectivity index (χ4n) is 3.97. The molecule has 0 saturated carbocycles. The van der Waals surface area contributed by atoms with Gasteiger partial charge in [0.15, 0.2) is 0 Å². The number of aliphatic carboxylic acids is 1. The van der Waals surface area contributed by atoms with E-state index in [0.717, 1.165) is 0 Å². The van der Waals surface area contributed by atoms with Gasteiger partial charge in [0.2, 0.25) is 13.3 Å². The lowest BCUT2D eigenvalue weighted by Gasteiger charge is -2.29. The number of rotatable bonds is 14. The van der Waals surface area contributed by atoms with E-state index in [0.29, 0.717) is 16.7 Å². The number of carboxylic acids is 1. The topological polar surface area (TPSA) is 180 Å². The highest BCUT2D eigenvalue weighted by Gasteiger charge is 2.41. The fraction of sp³-hybridized carbons (Fsp3) is 0.267. The molecule has 5 N–H and O–H groups in total. The number of ether oxygens (including phenoxy) is 2. The minimum Gasteiger partial charge on any atom is -0.481 e. The third-order valence-corrected chi connectivity index (χ3v) is 8.77. The van der Waals surface area contributed by atoms with Gasteiger partial charge in [0.1, 0.15) is 30.8 Å². The van der Waals surface area contributed by atoms with Crippen LogP contribution in [0.5, 0.6) is 0 Å². The van der Waals surface area contributed by atoms with Crippen LogP contribution < -0.4 is 16.0 Å². The molecule has 3 aromatic rings. The molecule has 3 rings (SSSR count). The van der Waals surface area contributed by atoms with Crippen LogP contribution in [0.15, 0.2) is 91.0 Å². The van der Waals surface area contributed by atoms with Crippen molar-refractivity contribution in [1.82, 2.24) is 16.0 Å².